The van der Waals surface area contributed by atoms with Crippen LogP contribution in [-0.2, 0) is 10.0 Å². The fourth-order valence-electron chi connectivity index (χ4n) is 2.26. The van der Waals surface area contributed by atoms with Crippen molar-refractivity contribution < 1.29 is 8.42 Å². The van der Waals surface area contributed by atoms with Crippen LogP contribution in [0.25, 0.3) is 0 Å². The van der Waals surface area contributed by atoms with Gasteiger partial charge in [-0.3, -0.25) is 4.72 Å². The first-order valence-corrected chi connectivity index (χ1v) is 8.98. The third-order valence-electron chi connectivity index (χ3n) is 3.35. The van der Waals surface area contributed by atoms with Crippen molar-refractivity contribution in [3.05, 3.63) is 27.7 Å². The van der Waals surface area contributed by atoms with Gasteiger partial charge in [-0.1, -0.05) is 29.6 Å². The fourth-order valence-corrected chi connectivity index (χ4v) is 4.15. The molecule has 2 N–H and O–H groups in total. The summed E-state index contributed by atoms with van der Waals surface area (Å²) in [5, 5.41) is 4.06. The summed E-state index contributed by atoms with van der Waals surface area (Å²) >= 11 is 12.0. The molecule has 1 aromatic carbocycles. The van der Waals surface area contributed by atoms with E-state index in [1.807, 2.05) is 6.92 Å². The molecule has 1 aliphatic rings. The third kappa shape index (κ3) is 4.25. The lowest BCUT2D eigenvalue weighted by Gasteiger charge is -2.23. The molecule has 7 heteroatoms. The van der Waals surface area contributed by atoms with E-state index < -0.39 is 10.0 Å². The number of benzene rings is 1. The summed E-state index contributed by atoms with van der Waals surface area (Å²) in [6.07, 6.45) is 3.04. The van der Waals surface area contributed by atoms with E-state index in [0.717, 1.165) is 31.4 Å². The van der Waals surface area contributed by atoms with Crippen LogP contribution < -0.4 is 10.0 Å². The first-order valence-electron chi connectivity index (χ1n) is 6.57. The molecule has 0 saturated carbocycles. The van der Waals surface area contributed by atoms with E-state index in [1.165, 1.54) is 0 Å². The Morgan fingerprint density at radius 1 is 1.30 bits per heavy atom. The number of rotatable bonds is 4. The second-order valence-corrected chi connectivity index (χ2v) is 7.69. The summed E-state index contributed by atoms with van der Waals surface area (Å²) in [4.78, 5) is 0. The van der Waals surface area contributed by atoms with Crippen LogP contribution in [0.4, 0.5) is 5.69 Å². The van der Waals surface area contributed by atoms with Crippen molar-refractivity contribution in [2.75, 3.05) is 17.0 Å². The van der Waals surface area contributed by atoms with Crippen molar-refractivity contribution in [2.24, 2.45) is 0 Å². The summed E-state index contributed by atoms with van der Waals surface area (Å²) in [5.41, 5.74) is 1.15. The average Bonchev–Trinajstić information content (AvgIpc) is 2.36. The molecule has 0 radical (unpaired) electrons. The summed E-state index contributed by atoms with van der Waals surface area (Å²) in [6.45, 7) is 2.69. The maximum Gasteiger partial charge on any atom is 0.234 e. The van der Waals surface area contributed by atoms with Crippen molar-refractivity contribution >= 4 is 38.9 Å². The van der Waals surface area contributed by atoms with Crippen molar-refractivity contribution in [1.82, 2.24) is 5.32 Å². The van der Waals surface area contributed by atoms with Crippen molar-refractivity contribution in [3.63, 3.8) is 0 Å². The SMILES string of the molecule is Cc1cc(Cl)c(NS(=O)(=O)CC2CCCCN2)cc1Cl. The minimum absolute atomic E-state index is 0.000876. The average molecular weight is 337 g/mol. The molecule has 0 aromatic heterocycles. The van der Waals surface area contributed by atoms with E-state index in [4.69, 9.17) is 23.2 Å². The molecule has 1 heterocycles. The standard InChI is InChI=1S/C13H18Cl2N2O2S/c1-9-6-12(15)13(7-11(9)14)17-20(18,19)8-10-4-2-3-5-16-10/h6-7,10,16-17H,2-5,8H2,1H3. The van der Waals surface area contributed by atoms with E-state index in [0.29, 0.717) is 15.7 Å². The number of hydrogen-bond donors (Lipinski definition) is 2. The van der Waals surface area contributed by atoms with Gasteiger partial charge in [0.1, 0.15) is 0 Å². The first-order chi connectivity index (χ1) is 9.37. The second-order valence-electron chi connectivity index (χ2n) is 5.11. The Morgan fingerprint density at radius 3 is 2.70 bits per heavy atom. The van der Waals surface area contributed by atoms with Crippen molar-refractivity contribution in [2.45, 2.75) is 32.2 Å². The predicted molar refractivity (Wildman–Crippen MR) is 84.3 cm³/mol. The van der Waals surface area contributed by atoms with Crippen molar-refractivity contribution in [3.8, 4) is 0 Å². The van der Waals surface area contributed by atoms with Gasteiger partial charge in [0.25, 0.3) is 0 Å². The summed E-state index contributed by atoms with van der Waals surface area (Å²) in [7, 11) is -3.44. The molecule has 1 unspecified atom stereocenters. The molecular formula is C13H18Cl2N2O2S. The molecule has 0 bridgehead atoms. The highest BCUT2D eigenvalue weighted by Gasteiger charge is 2.21. The van der Waals surface area contributed by atoms with E-state index in [-0.39, 0.29) is 11.8 Å². The first kappa shape index (κ1) is 15.9. The van der Waals surface area contributed by atoms with Gasteiger partial charge < -0.3 is 5.32 Å². The maximum absolute atomic E-state index is 12.2. The maximum atomic E-state index is 12.2. The second kappa shape index (κ2) is 6.52. The Hall–Kier alpha value is -0.490. The Morgan fingerprint density at radius 2 is 2.05 bits per heavy atom. The lowest BCUT2D eigenvalue weighted by molar-refractivity contribution is 0.424. The van der Waals surface area contributed by atoms with Gasteiger partial charge in [-0.15, -0.1) is 0 Å². The number of nitrogens with one attached hydrogen (secondary N) is 2. The van der Waals surface area contributed by atoms with Gasteiger partial charge in [0.15, 0.2) is 0 Å². The van der Waals surface area contributed by atoms with Gasteiger partial charge in [-0.05, 0) is 44.0 Å². The van der Waals surface area contributed by atoms with E-state index in [9.17, 15) is 8.42 Å². The molecule has 1 aromatic rings. The number of halogens is 2. The Balaban J connectivity index is 2.09. The quantitative estimate of drug-likeness (QED) is 0.887. The molecular weight excluding hydrogens is 319 g/mol. The normalized spacial score (nSPS) is 19.9. The molecule has 1 atom stereocenters. The van der Waals surface area contributed by atoms with E-state index >= 15 is 0 Å². The number of sulfonamides is 1. The van der Waals surface area contributed by atoms with Crippen LogP contribution in [0.5, 0.6) is 0 Å². The molecule has 112 valence electrons. The van der Waals surface area contributed by atoms with Crippen molar-refractivity contribution in [1.29, 1.82) is 0 Å². The molecule has 1 aliphatic heterocycles. The number of anilines is 1. The third-order valence-corrected chi connectivity index (χ3v) is 5.44. The Kier molecular flexibility index (Phi) is 5.18. The minimum atomic E-state index is -3.44. The van der Waals surface area contributed by atoms with Crippen LogP contribution in [0.15, 0.2) is 12.1 Å². The highest BCUT2D eigenvalue weighted by Crippen LogP contribution is 2.29. The lowest BCUT2D eigenvalue weighted by atomic mass is 10.1. The highest BCUT2D eigenvalue weighted by molar-refractivity contribution is 7.92. The fraction of sp³-hybridized carbons (Fsp3) is 0.538. The molecule has 4 nitrogen and oxygen atoms in total. The van der Waals surface area contributed by atoms with Crippen LogP contribution in [0.2, 0.25) is 10.0 Å². The molecule has 0 amide bonds. The van der Waals surface area contributed by atoms with Gasteiger partial charge >= 0.3 is 0 Å². The summed E-state index contributed by atoms with van der Waals surface area (Å²) in [6, 6.07) is 3.20. The summed E-state index contributed by atoms with van der Waals surface area (Å²) < 4.78 is 26.8. The molecule has 2 rings (SSSR count). The van der Waals surface area contributed by atoms with Gasteiger partial charge in [0.05, 0.1) is 16.5 Å². The zero-order chi connectivity index (χ0) is 14.8. The monoisotopic (exact) mass is 336 g/mol. The number of hydrogen-bond acceptors (Lipinski definition) is 3. The Labute approximate surface area is 129 Å². The highest BCUT2D eigenvalue weighted by atomic mass is 35.5. The van der Waals surface area contributed by atoms with Crippen LogP contribution in [0.1, 0.15) is 24.8 Å². The van der Waals surface area contributed by atoms with Crippen LogP contribution >= 0.6 is 23.2 Å². The predicted octanol–water partition coefficient (Wildman–Crippen LogP) is 3.19. The van der Waals surface area contributed by atoms with Crippen LogP contribution in [0, 0.1) is 6.92 Å². The van der Waals surface area contributed by atoms with Crippen LogP contribution in [0.3, 0.4) is 0 Å². The van der Waals surface area contributed by atoms with Gasteiger partial charge in [-0.2, -0.15) is 0 Å². The van der Waals surface area contributed by atoms with E-state index in [1.54, 1.807) is 12.1 Å². The largest absolute Gasteiger partial charge is 0.313 e. The van der Waals surface area contributed by atoms with E-state index in [2.05, 4.69) is 10.0 Å². The number of piperidine rings is 1. The van der Waals surface area contributed by atoms with Gasteiger partial charge in [-0.25, -0.2) is 8.42 Å². The van der Waals surface area contributed by atoms with Crippen LogP contribution in [-0.4, -0.2) is 26.8 Å². The molecule has 1 fully saturated rings. The molecule has 20 heavy (non-hydrogen) atoms. The number of aryl methyl sites for hydroxylation is 1. The minimum Gasteiger partial charge on any atom is -0.313 e. The zero-order valence-corrected chi connectivity index (χ0v) is 13.6. The zero-order valence-electron chi connectivity index (χ0n) is 11.2. The van der Waals surface area contributed by atoms with Gasteiger partial charge in [0.2, 0.25) is 10.0 Å². The topological polar surface area (TPSA) is 58.2 Å². The summed E-state index contributed by atoms with van der Waals surface area (Å²) in [5.74, 6) is 0.0504. The molecule has 1 saturated heterocycles. The smallest absolute Gasteiger partial charge is 0.234 e. The lowest BCUT2D eigenvalue weighted by Crippen LogP contribution is -2.40. The Bertz CT molecular complexity index is 584. The van der Waals surface area contributed by atoms with Gasteiger partial charge in [0, 0.05) is 11.1 Å². The molecule has 0 aliphatic carbocycles. The molecule has 0 spiro atoms.